The Morgan fingerprint density at radius 1 is 1.30 bits per heavy atom. The summed E-state index contributed by atoms with van der Waals surface area (Å²) >= 11 is 0. The van der Waals surface area contributed by atoms with Crippen LogP contribution in [-0.4, -0.2) is 40.4 Å². The zero-order valence-corrected chi connectivity index (χ0v) is 12.5. The number of piperazine rings is 1. The molecule has 1 aromatic heterocycles. The van der Waals surface area contributed by atoms with Crippen molar-refractivity contribution in [1.29, 1.82) is 0 Å². The Hall–Kier alpha value is -3.03. The quantitative estimate of drug-likeness (QED) is 0.677. The summed E-state index contributed by atoms with van der Waals surface area (Å²) in [4.78, 5) is 32.7. The number of carbonyl (C=O) groups is 1. The number of anilines is 1. The molecule has 2 aromatic rings. The third-order valence-corrected chi connectivity index (χ3v) is 3.52. The Kier molecular flexibility index (Phi) is 3.88. The first-order valence-electron chi connectivity index (χ1n) is 7.15. The van der Waals surface area contributed by atoms with Crippen LogP contribution in [0.3, 0.4) is 0 Å². The third kappa shape index (κ3) is 3.25. The van der Waals surface area contributed by atoms with Crippen molar-refractivity contribution in [2.75, 3.05) is 24.5 Å². The Labute approximate surface area is 132 Å². The zero-order valence-electron chi connectivity index (χ0n) is 12.5. The fourth-order valence-corrected chi connectivity index (χ4v) is 2.44. The molecule has 8 heteroatoms. The van der Waals surface area contributed by atoms with Gasteiger partial charge in [0, 0.05) is 42.5 Å². The number of nitrogens with one attached hydrogen (secondary N) is 1. The fourth-order valence-electron chi connectivity index (χ4n) is 2.44. The lowest BCUT2D eigenvalue weighted by molar-refractivity contribution is -0.384. The second-order valence-electron chi connectivity index (χ2n) is 5.27. The van der Waals surface area contributed by atoms with E-state index in [0.29, 0.717) is 30.3 Å². The van der Waals surface area contributed by atoms with Crippen molar-refractivity contribution in [3.8, 4) is 11.4 Å². The highest BCUT2D eigenvalue weighted by molar-refractivity contribution is 5.82. The minimum absolute atomic E-state index is 0.00786. The molecule has 0 radical (unpaired) electrons. The predicted molar refractivity (Wildman–Crippen MR) is 84.1 cm³/mol. The number of non-ortho nitro benzene ring substituents is 1. The van der Waals surface area contributed by atoms with Crippen LogP contribution in [-0.2, 0) is 4.79 Å². The van der Waals surface area contributed by atoms with Crippen LogP contribution in [0.15, 0.2) is 30.3 Å². The standard InChI is InChI=1S/C15H15N5O3/c1-10-7-13(19-6-5-16-14(21)9-19)18-15(17-10)11-3-2-4-12(8-11)20(22)23/h2-4,7-8H,5-6,9H2,1H3,(H,16,21). The van der Waals surface area contributed by atoms with Gasteiger partial charge in [-0.1, -0.05) is 12.1 Å². The normalized spacial score (nSPS) is 14.5. The average molecular weight is 313 g/mol. The van der Waals surface area contributed by atoms with Gasteiger partial charge in [0.2, 0.25) is 5.91 Å². The van der Waals surface area contributed by atoms with Crippen LogP contribution >= 0.6 is 0 Å². The number of aryl methyl sites for hydroxylation is 1. The first-order chi connectivity index (χ1) is 11.0. The van der Waals surface area contributed by atoms with Crippen LogP contribution in [0.25, 0.3) is 11.4 Å². The molecule has 1 aliphatic rings. The predicted octanol–water partition coefficient (Wildman–Crippen LogP) is 1.30. The summed E-state index contributed by atoms with van der Waals surface area (Å²) in [6.45, 7) is 3.30. The molecule has 1 saturated heterocycles. The summed E-state index contributed by atoms with van der Waals surface area (Å²) in [5, 5.41) is 13.7. The molecule has 118 valence electrons. The largest absolute Gasteiger partial charge is 0.353 e. The fraction of sp³-hybridized carbons (Fsp3) is 0.267. The summed E-state index contributed by atoms with van der Waals surface area (Å²) in [5.41, 5.74) is 1.31. The second-order valence-corrected chi connectivity index (χ2v) is 5.27. The summed E-state index contributed by atoms with van der Waals surface area (Å²) in [5.74, 6) is 1.01. The smallest absolute Gasteiger partial charge is 0.270 e. The number of benzene rings is 1. The Morgan fingerprint density at radius 2 is 2.13 bits per heavy atom. The van der Waals surface area contributed by atoms with Gasteiger partial charge in [0.1, 0.15) is 5.82 Å². The monoisotopic (exact) mass is 313 g/mol. The third-order valence-electron chi connectivity index (χ3n) is 3.52. The number of nitro groups is 1. The number of amides is 1. The van der Waals surface area contributed by atoms with Crippen LogP contribution in [0.5, 0.6) is 0 Å². The molecule has 8 nitrogen and oxygen atoms in total. The number of carbonyl (C=O) groups excluding carboxylic acids is 1. The first-order valence-corrected chi connectivity index (χ1v) is 7.15. The summed E-state index contributed by atoms with van der Waals surface area (Å²) in [6.07, 6.45) is 0. The Morgan fingerprint density at radius 3 is 2.87 bits per heavy atom. The van der Waals surface area contributed by atoms with Gasteiger partial charge < -0.3 is 10.2 Å². The van der Waals surface area contributed by atoms with E-state index in [0.717, 1.165) is 5.69 Å². The maximum Gasteiger partial charge on any atom is 0.270 e. The van der Waals surface area contributed by atoms with E-state index in [1.54, 1.807) is 18.2 Å². The Balaban J connectivity index is 1.99. The van der Waals surface area contributed by atoms with Gasteiger partial charge in [0.05, 0.1) is 11.5 Å². The van der Waals surface area contributed by atoms with Crippen molar-refractivity contribution >= 4 is 17.4 Å². The van der Waals surface area contributed by atoms with E-state index < -0.39 is 4.92 Å². The average Bonchev–Trinajstić information content (AvgIpc) is 2.54. The number of rotatable bonds is 3. The van der Waals surface area contributed by atoms with Gasteiger partial charge in [-0.25, -0.2) is 9.97 Å². The van der Waals surface area contributed by atoms with Gasteiger partial charge in [-0.3, -0.25) is 14.9 Å². The Bertz CT molecular complexity index is 777. The molecule has 1 amide bonds. The number of hydrogen-bond donors (Lipinski definition) is 1. The first kappa shape index (κ1) is 14.9. The molecule has 0 unspecified atom stereocenters. The summed E-state index contributed by atoms with van der Waals surface area (Å²) in [7, 11) is 0. The van der Waals surface area contributed by atoms with E-state index in [4.69, 9.17) is 0 Å². The molecule has 0 atom stereocenters. The van der Waals surface area contributed by atoms with Crippen LogP contribution in [0.2, 0.25) is 0 Å². The van der Waals surface area contributed by atoms with Crippen molar-refractivity contribution in [2.24, 2.45) is 0 Å². The maximum absolute atomic E-state index is 11.5. The molecule has 23 heavy (non-hydrogen) atoms. The molecule has 2 heterocycles. The van der Waals surface area contributed by atoms with E-state index in [1.165, 1.54) is 12.1 Å². The minimum atomic E-state index is -0.449. The van der Waals surface area contributed by atoms with Crippen molar-refractivity contribution in [2.45, 2.75) is 6.92 Å². The molecule has 0 bridgehead atoms. The van der Waals surface area contributed by atoms with E-state index in [2.05, 4.69) is 15.3 Å². The second kappa shape index (κ2) is 5.99. The summed E-state index contributed by atoms with van der Waals surface area (Å²) < 4.78 is 0. The number of hydrogen-bond acceptors (Lipinski definition) is 6. The van der Waals surface area contributed by atoms with Crippen molar-refractivity contribution < 1.29 is 9.72 Å². The summed E-state index contributed by atoms with van der Waals surface area (Å²) in [6, 6.07) is 8.01. The van der Waals surface area contributed by atoms with E-state index in [1.807, 2.05) is 11.8 Å². The molecule has 1 N–H and O–H groups in total. The highest BCUT2D eigenvalue weighted by atomic mass is 16.6. The van der Waals surface area contributed by atoms with E-state index >= 15 is 0 Å². The van der Waals surface area contributed by atoms with Crippen LogP contribution in [0.1, 0.15) is 5.69 Å². The minimum Gasteiger partial charge on any atom is -0.353 e. The lowest BCUT2D eigenvalue weighted by Crippen LogP contribution is -2.48. The van der Waals surface area contributed by atoms with Crippen molar-refractivity contribution in [1.82, 2.24) is 15.3 Å². The number of nitrogens with zero attached hydrogens (tertiary/aromatic N) is 4. The molecule has 0 aliphatic carbocycles. The molecule has 0 saturated carbocycles. The van der Waals surface area contributed by atoms with Crippen LogP contribution in [0, 0.1) is 17.0 Å². The van der Waals surface area contributed by atoms with Gasteiger partial charge in [-0.15, -0.1) is 0 Å². The SMILES string of the molecule is Cc1cc(N2CCNC(=O)C2)nc(-c2cccc([N+](=O)[O-])c2)n1. The van der Waals surface area contributed by atoms with Crippen molar-refractivity contribution in [3.05, 3.63) is 46.1 Å². The lowest BCUT2D eigenvalue weighted by atomic mass is 10.2. The number of aromatic nitrogens is 2. The highest BCUT2D eigenvalue weighted by Crippen LogP contribution is 2.23. The molecule has 1 fully saturated rings. The van der Waals surface area contributed by atoms with Crippen LogP contribution < -0.4 is 10.2 Å². The molecule has 0 spiro atoms. The topological polar surface area (TPSA) is 101 Å². The van der Waals surface area contributed by atoms with Gasteiger partial charge >= 0.3 is 0 Å². The lowest BCUT2D eigenvalue weighted by Gasteiger charge is -2.27. The van der Waals surface area contributed by atoms with Gasteiger partial charge in [-0.05, 0) is 6.92 Å². The van der Waals surface area contributed by atoms with Crippen molar-refractivity contribution in [3.63, 3.8) is 0 Å². The molecule has 1 aromatic carbocycles. The van der Waals surface area contributed by atoms with E-state index in [9.17, 15) is 14.9 Å². The number of nitro benzene ring substituents is 1. The molecule has 3 rings (SSSR count). The van der Waals surface area contributed by atoms with Gasteiger partial charge in [-0.2, -0.15) is 0 Å². The molecule has 1 aliphatic heterocycles. The van der Waals surface area contributed by atoms with Gasteiger partial charge in [0.15, 0.2) is 5.82 Å². The highest BCUT2D eigenvalue weighted by Gasteiger charge is 2.19. The molecular weight excluding hydrogens is 298 g/mol. The maximum atomic E-state index is 11.5. The van der Waals surface area contributed by atoms with Crippen LogP contribution in [0.4, 0.5) is 11.5 Å². The zero-order chi connectivity index (χ0) is 16.4. The van der Waals surface area contributed by atoms with Gasteiger partial charge in [0.25, 0.3) is 5.69 Å². The van der Waals surface area contributed by atoms with E-state index in [-0.39, 0.29) is 18.1 Å². The molecular formula is C15H15N5O3.